The highest BCUT2D eigenvalue weighted by molar-refractivity contribution is 7.92. The van der Waals surface area contributed by atoms with Crippen molar-refractivity contribution >= 4 is 21.5 Å². The Balaban J connectivity index is 1.79. The SMILES string of the molecule is COc1ncc(-c2c(C)ncnc2N2CCOCC2)cc1NS(=O)(=O)c1ccccc1C(F)(F)F. The predicted molar refractivity (Wildman–Crippen MR) is 122 cm³/mol. The van der Waals surface area contributed by atoms with Crippen LogP contribution < -0.4 is 14.4 Å². The van der Waals surface area contributed by atoms with Crippen LogP contribution in [0.2, 0.25) is 0 Å². The van der Waals surface area contributed by atoms with Gasteiger partial charge in [-0.15, -0.1) is 0 Å². The van der Waals surface area contributed by atoms with E-state index in [1.807, 2.05) is 4.90 Å². The zero-order valence-corrected chi connectivity index (χ0v) is 19.7. The van der Waals surface area contributed by atoms with Crippen molar-refractivity contribution in [3.63, 3.8) is 0 Å². The summed E-state index contributed by atoms with van der Waals surface area (Å²) in [6, 6.07) is 5.38. The standard InChI is InChI=1S/C22H22F3N5O4S/c1-14-19(20(28-13-27-14)30-7-9-34-10-8-30)15-11-17(21(33-2)26-12-15)29-35(31,32)18-6-4-3-5-16(18)22(23,24)25/h3-6,11-13,29H,7-10H2,1-2H3. The van der Waals surface area contributed by atoms with Gasteiger partial charge in [-0.3, -0.25) is 4.72 Å². The Bertz CT molecular complexity index is 1330. The normalized spacial score (nSPS) is 14.6. The highest BCUT2D eigenvalue weighted by atomic mass is 32.2. The summed E-state index contributed by atoms with van der Waals surface area (Å²) in [5.41, 5.74) is 0.285. The van der Waals surface area contributed by atoms with E-state index in [0.717, 1.165) is 12.1 Å². The number of morpholine rings is 1. The Labute approximate surface area is 200 Å². The van der Waals surface area contributed by atoms with E-state index in [-0.39, 0.29) is 11.6 Å². The third kappa shape index (κ3) is 5.15. The van der Waals surface area contributed by atoms with Crippen LogP contribution in [-0.2, 0) is 20.9 Å². The van der Waals surface area contributed by atoms with E-state index in [9.17, 15) is 21.6 Å². The quantitative estimate of drug-likeness (QED) is 0.538. The molecule has 1 N–H and O–H groups in total. The summed E-state index contributed by atoms with van der Waals surface area (Å²) >= 11 is 0. The number of aromatic nitrogens is 3. The lowest BCUT2D eigenvalue weighted by Crippen LogP contribution is -2.37. The Morgan fingerprint density at radius 3 is 2.51 bits per heavy atom. The summed E-state index contributed by atoms with van der Waals surface area (Å²) in [5.74, 6) is 0.508. The molecule has 0 spiro atoms. The van der Waals surface area contributed by atoms with E-state index >= 15 is 0 Å². The molecule has 0 aliphatic carbocycles. The molecule has 1 aliphatic rings. The lowest BCUT2D eigenvalue weighted by atomic mass is 10.1. The Morgan fingerprint density at radius 2 is 1.83 bits per heavy atom. The number of nitrogens with zero attached hydrogens (tertiary/aromatic N) is 4. The minimum atomic E-state index is -4.86. The number of anilines is 2. The van der Waals surface area contributed by atoms with E-state index in [1.165, 1.54) is 31.8 Å². The van der Waals surface area contributed by atoms with Crippen LogP contribution in [0.1, 0.15) is 11.3 Å². The molecule has 0 radical (unpaired) electrons. The van der Waals surface area contributed by atoms with Crippen LogP contribution in [0.15, 0.2) is 47.8 Å². The fourth-order valence-corrected chi connectivity index (χ4v) is 5.05. The van der Waals surface area contributed by atoms with Gasteiger partial charge in [0.25, 0.3) is 10.0 Å². The number of alkyl halides is 3. The van der Waals surface area contributed by atoms with Crippen molar-refractivity contribution < 1.29 is 31.1 Å². The van der Waals surface area contributed by atoms with E-state index in [1.54, 1.807) is 6.92 Å². The number of nitrogens with one attached hydrogen (secondary N) is 1. The maximum Gasteiger partial charge on any atom is 0.417 e. The van der Waals surface area contributed by atoms with Gasteiger partial charge in [0.05, 0.1) is 36.5 Å². The van der Waals surface area contributed by atoms with E-state index in [4.69, 9.17) is 9.47 Å². The maximum atomic E-state index is 13.5. The molecule has 1 aliphatic heterocycles. The van der Waals surface area contributed by atoms with Crippen molar-refractivity contribution in [1.29, 1.82) is 0 Å². The molecular weight excluding hydrogens is 487 g/mol. The third-order valence-electron chi connectivity index (χ3n) is 5.39. The van der Waals surface area contributed by atoms with Crippen molar-refractivity contribution in [2.75, 3.05) is 43.0 Å². The largest absolute Gasteiger partial charge is 0.480 e. The second-order valence-electron chi connectivity index (χ2n) is 7.64. The molecule has 1 fully saturated rings. The van der Waals surface area contributed by atoms with Gasteiger partial charge in [0.2, 0.25) is 5.88 Å². The van der Waals surface area contributed by atoms with Crippen LogP contribution in [0.4, 0.5) is 24.7 Å². The van der Waals surface area contributed by atoms with Crippen molar-refractivity contribution in [3.8, 4) is 17.0 Å². The topological polar surface area (TPSA) is 107 Å². The summed E-state index contributed by atoms with van der Waals surface area (Å²) < 4.78 is 79.2. The van der Waals surface area contributed by atoms with Gasteiger partial charge in [-0.05, 0) is 25.1 Å². The van der Waals surface area contributed by atoms with E-state index in [2.05, 4.69) is 19.7 Å². The molecular formula is C22H22F3N5O4S. The molecule has 0 unspecified atom stereocenters. The second-order valence-corrected chi connectivity index (χ2v) is 9.29. The summed E-state index contributed by atoms with van der Waals surface area (Å²) in [5, 5.41) is 0. The van der Waals surface area contributed by atoms with Gasteiger partial charge in [0, 0.05) is 30.4 Å². The Kier molecular flexibility index (Phi) is 6.81. The molecule has 3 heterocycles. The Hall–Kier alpha value is -3.45. The zero-order valence-electron chi connectivity index (χ0n) is 18.8. The molecule has 9 nitrogen and oxygen atoms in total. The highest BCUT2D eigenvalue weighted by Gasteiger charge is 2.37. The third-order valence-corrected chi connectivity index (χ3v) is 6.81. The molecule has 0 amide bonds. The van der Waals surface area contributed by atoms with Gasteiger partial charge in [0.1, 0.15) is 17.8 Å². The van der Waals surface area contributed by atoms with Crippen molar-refractivity contribution in [1.82, 2.24) is 15.0 Å². The van der Waals surface area contributed by atoms with E-state index in [0.29, 0.717) is 55.0 Å². The zero-order chi connectivity index (χ0) is 25.2. The molecule has 186 valence electrons. The van der Waals surface area contributed by atoms with Crippen LogP contribution >= 0.6 is 0 Å². The highest BCUT2D eigenvalue weighted by Crippen LogP contribution is 2.38. The average Bonchev–Trinajstić information content (AvgIpc) is 2.83. The number of hydrogen-bond donors (Lipinski definition) is 1. The van der Waals surface area contributed by atoms with E-state index < -0.39 is 26.7 Å². The van der Waals surface area contributed by atoms with Gasteiger partial charge in [-0.25, -0.2) is 23.4 Å². The molecule has 4 rings (SSSR count). The number of ether oxygens (including phenoxy) is 2. The van der Waals surface area contributed by atoms with Crippen molar-refractivity contribution in [2.24, 2.45) is 0 Å². The number of pyridine rings is 1. The first-order chi connectivity index (χ1) is 16.6. The molecule has 0 saturated carbocycles. The molecule has 2 aromatic heterocycles. The molecule has 3 aromatic rings. The number of halogens is 3. The lowest BCUT2D eigenvalue weighted by Gasteiger charge is -2.29. The maximum absolute atomic E-state index is 13.5. The molecule has 13 heteroatoms. The summed E-state index contributed by atoms with van der Waals surface area (Å²) in [7, 11) is -3.37. The van der Waals surface area contributed by atoms with Crippen molar-refractivity contribution in [2.45, 2.75) is 18.0 Å². The Morgan fingerprint density at radius 1 is 1.11 bits per heavy atom. The first kappa shape index (κ1) is 24.7. The van der Waals surface area contributed by atoms with Gasteiger partial charge in [0.15, 0.2) is 0 Å². The van der Waals surface area contributed by atoms with Crippen molar-refractivity contribution in [3.05, 3.63) is 54.1 Å². The van der Waals surface area contributed by atoms with Crippen LogP contribution in [0.3, 0.4) is 0 Å². The molecule has 0 bridgehead atoms. The number of methoxy groups -OCH3 is 1. The second kappa shape index (κ2) is 9.66. The number of benzene rings is 1. The van der Waals surface area contributed by atoms with Gasteiger partial charge in [-0.1, -0.05) is 12.1 Å². The minimum absolute atomic E-state index is 0.107. The molecule has 1 saturated heterocycles. The monoisotopic (exact) mass is 509 g/mol. The fraction of sp³-hybridized carbons (Fsp3) is 0.318. The smallest absolute Gasteiger partial charge is 0.417 e. The lowest BCUT2D eigenvalue weighted by molar-refractivity contribution is -0.139. The van der Waals surface area contributed by atoms with Crippen LogP contribution in [0.25, 0.3) is 11.1 Å². The summed E-state index contributed by atoms with van der Waals surface area (Å²) in [6.45, 7) is 4.01. The first-order valence-corrected chi connectivity index (χ1v) is 12.0. The number of hydrogen-bond acceptors (Lipinski definition) is 8. The number of sulfonamides is 1. The number of rotatable bonds is 6. The fourth-order valence-electron chi connectivity index (χ4n) is 3.77. The minimum Gasteiger partial charge on any atom is -0.480 e. The number of aryl methyl sites for hydroxylation is 1. The molecule has 35 heavy (non-hydrogen) atoms. The van der Waals surface area contributed by atoms with Gasteiger partial charge < -0.3 is 14.4 Å². The summed E-state index contributed by atoms with van der Waals surface area (Å²) in [4.78, 5) is 13.9. The molecule has 1 aromatic carbocycles. The first-order valence-electron chi connectivity index (χ1n) is 10.5. The summed E-state index contributed by atoms with van der Waals surface area (Å²) in [6.07, 6.45) is -1.96. The van der Waals surface area contributed by atoms with Crippen LogP contribution in [0, 0.1) is 6.92 Å². The van der Waals surface area contributed by atoms with Gasteiger partial charge in [-0.2, -0.15) is 13.2 Å². The van der Waals surface area contributed by atoms with Crippen LogP contribution in [-0.4, -0.2) is 56.8 Å². The van der Waals surface area contributed by atoms with Crippen LogP contribution in [0.5, 0.6) is 5.88 Å². The average molecular weight is 510 g/mol. The van der Waals surface area contributed by atoms with Gasteiger partial charge >= 0.3 is 6.18 Å². The predicted octanol–water partition coefficient (Wildman–Crippen LogP) is 3.51. The molecule has 0 atom stereocenters.